The summed E-state index contributed by atoms with van der Waals surface area (Å²) < 4.78 is 10.1. The highest BCUT2D eigenvalue weighted by atomic mass is 16.5. The van der Waals surface area contributed by atoms with Crippen LogP contribution in [0.5, 0.6) is 0 Å². The number of benzene rings is 1. The summed E-state index contributed by atoms with van der Waals surface area (Å²) in [5.74, 6) is 0.564. The van der Waals surface area contributed by atoms with Gasteiger partial charge in [0.1, 0.15) is 5.82 Å². The lowest BCUT2D eigenvalue weighted by molar-refractivity contribution is 0.160. The summed E-state index contributed by atoms with van der Waals surface area (Å²) in [5.41, 5.74) is 3.41. The minimum atomic E-state index is -0.282. The topological polar surface area (TPSA) is 111 Å². The highest BCUT2D eigenvalue weighted by Crippen LogP contribution is 2.31. The number of pyridine rings is 1. The number of ether oxygens (including phenoxy) is 1. The van der Waals surface area contributed by atoms with Gasteiger partial charge in [-0.3, -0.25) is 24.4 Å². The molecule has 3 aromatic heterocycles. The van der Waals surface area contributed by atoms with Crippen molar-refractivity contribution in [3.05, 3.63) is 58.5 Å². The molecule has 2 N–H and O–H groups in total. The third-order valence-electron chi connectivity index (χ3n) is 7.00. The van der Waals surface area contributed by atoms with Gasteiger partial charge >= 0.3 is 6.03 Å². The monoisotopic (exact) mass is 504 g/mol. The molecule has 1 saturated heterocycles. The van der Waals surface area contributed by atoms with Crippen LogP contribution in [0.15, 0.2) is 47.4 Å². The zero-order chi connectivity index (χ0) is 26.1. The first-order valence-corrected chi connectivity index (χ1v) is 12.3. The largest absolute Gasteiger partial charge is 0.383 e. The number of anilines is 1. The molecule has 1 aromatic carbocycles. The van der Waals surface area contributed by atoms with Crippen LogP contribution in [-0.4, -0.2) is 74.5 Å². The third kappa shape index (κ3) is 4.75. The second-order valence-electron chi connectivity index (χ2n) is 9.39. The van der Waals surface area contributed by atoms with Gasteiger partial charge in [-0.25, -0.2) is 14.5 Å². The minimum absolute atomic E-state index is 0.0608. The SMILES string of the molecule is COCCN1CC[C@H](NC(=O)Nc2c(C)c(-c3cnc4c(c3)c(=O)n(C)n4C)nn2-c2ccccc2)C1. The molecule has 194 valence electrons. The number of nitrogens with one attached hydrogen (secondary N) is 2. The number of hydrogen-bond donors (Lipinski definition) is 2. The molecule has 0 saturated carbocycles. The van der Waals surface area contributed by atoms with Crippen molar-refractivity contribution in [2.75, 3.05) is 38.7 Å². The molecule has 0 radical (unpaired) electrons. The smallest absolute Gasteiger partial charge is 0.320 e. The van der Waals surface area contributed by atoms with E-state index in [0.29, 0.717) is 34.7 Å². The average Bonchev–Trinajstić information content (AvgIpc) is 3.55. The van der Waals surface area contributed by atoms with E-state index in [9.17, 15) is 9.59 Å². The number of likely N-dealkylation sites (tertiary alicyclic amines) is 1. The summed E-state index contributed by atoms with van der Waals surface area (Å²) in [4.78, 5) is 32.6. The Morgan fingerprint density at radius 1 is 1.19 bits per heavy atom. The second-order valence-corrected chi connectivity index (χ2v) is 9.39. The molecule has 0 bridgehead atoms. The minimum Gasteiger partial charge on any atom is -0.383 e. The molecule has 1 aliphatic heterocycles. The number of nitrogens with zero attached hydrogens (tertiary/aromatic N) is 6. The molecule has 1 aliphatic rings. The van der Waals surface area contributed by atoms with Gasteiger partial charge in [0.25, 0.3) is 5.56 Å². The molecular formula is C26H32N8O3. The third-order valence-corrected chi connectivity index (χ3v) is 7.00. The maximum absolute atomic E-state index is 13.1. The summed E-state index contributed by atoms with van der Waals surface area (Å²) in [5, 5.41) is 11.5. The first-order chi connectivity index (χ1) is 17.9. The maximum atomic E-state index is 13.1. The molecule has 0 aliphatic carbocycles. The van der Waals surface area contributed by atoms with Crippen molar-refractivity contribution in [2.45, 2.75) is 19.4 Å². The lowest BCUT2D eigenvalue weighted by Gasteiger charge is -2.17. The molecule has 5 rings (SSSR count). The van der Waals surface area contributed by atoms with E-state index >= 15 is 0 Å². The number of aryl methyl sites for hydroxylation is 1. The van der Waals surface area contributed by atoms with Crippen molar-refractivity contribution in [3.8, 4) is 16.9 Å². The van der Waals surface area contributed by atoms with Gasteiger partial charge < -0.3 is 10.1 Å². The summed E-state index contributed by atoms with van der Waals surface area (Å²) >= 11 is 0. The first-order valence-electron chi connectivity index (χ1n) is 12.3. The Morgan fingerprint density at radius 2 is 1.97 bits per heavy atom. The van der Waals surface area contributed by atoms with Crippen LogP contribution in [0.25, 0.3) is 28.0 Å². The molecule has 0 spiro atoms. The molecule has 1 atom stereocenters. The lowest BCUT2D eigenvalue weighted by atomic mass is 10.1. The highest BCUT2D eigenvalue weighted by Gasteiger charge is 2.25. The van der Waals surface area contributed by atoms with E-state index in [1.807, 2.05) is 43.3 Å². The van der Waals surface area contributed by atoms with Crippen LogP contribution >= 0.6 is 0 Å². The molecule has 4 heterocycles. The molecule has 11 nitrogen and oxygen atoms in total. The molecule has 2 amide bonds. The number of rotatable bonds is 7. The standard InChI is InChI=1S/C26H32N8O3/c1-17-22(18-14-21-24(27-15-18)31(2)32(3)25(21)35)30-34(20-8-6-5-7-9-20)23(17)29-26(36)28-19-10-11-33(16-19)12-13-37-4/h5-9,14-15,19H,10-13,16H2,1-4H3,(H2,28,29,36)/t19-/m0/s1. The highest BCUT2D eigenvalue weighted by molar-refractivity contribution is 5.91. The summed E-state index contributed by atoms with van der Waals surface area (Å²) in [6.07, 6.45) is 2.60. The van der Waals surface area contributed by atoms with Crippen LogP contribution < -0.4 is 16.2 Å². The van der Waals surface area contributed by atoms with Crippen molar-refractivity contribution < 1.29 is 9.53 Å². The van der Waals surface area contributed by atoms with Crippen LogP contribution in [0, 0.1) is 6.92 Å². The fraction of sp³-hybridized carbons (Fsp3) is 0.385. The molecule has 0 unspecified atom stereocenters. The van der Waals surface area contributed by atoms with Crippen LogP contribution in [0.4, 0.5) is 10.6 Å². The van der Waals surface area contributed by atoms with Gasteiger partial charge in [0.15, 0.2) is 5.65 Å². The van der Waals surface area contributed by atoms with Gasteiger partial charge in [-0.1, -0.05) is 18.2 Å². The van der Waals surface area contributed by atoms with Crippen molar-refractivity contribution in [2.24, 2.45) is 14.1 Å². The van der Waals surface area contributed by atoms with E-state index in [4.69, 9.17) is 9.84 Å². The maximum Gasteiger partial charge on any atom is 0.320 e. The Morgan fingerprint density at radius 3 is 2.73 bits per heavy atom. The average molecular weight is 505 g/mol. The Kier molecular flexibility index (Phi) is 6.81. The van der Waals surface area contributed by atoms with Crippen LogP contribution in [0.2, 0.25) is 0 Å². The van der Waals surface area contributed by atoms with Crippen molar-refractivity contribution >= 4 is 22.9 Å². The van der Waals surface area contributed by atoms with E-state index in [2.05, 4.69) is 20.5 Å². The predicted molar refractivity (Wildman–Crippen MR) is 142 cm³/mol. The Labute approximate surface area is 214 Å². The molecule has 11 heteroatoms. The number of fused-ring (bicyclic) bond motifs is 1. The fourth-order valence-electron chi connectivity index (χ4n) is 4.83. The lowest BCUT2D eigenvalue weighted by Crippen LogP contribution is -2.40. The number of aromatic nitrogens is 5. The Balaban J connectivity index is 1.46. The number of carbonyl (C=O) groups excluding carboxylic acids is 1. The number of methoxy groups -OCH3 is 1. The number of hydrogen-bond acceptors (Lipinski definition) is 6. The molecule has 4 aromatic rings. The van der Waals surface area contributed by atoms with E-state index in [-0.39, 0.29) is 17.6 Å². The van der Waals surface area contributed by atoms with Gasteiger partial charge in [0.05, 0.1) is 23.4 Å². The Bertz CT molecular complexity index is 1490. The van der Waals surface area contributed by atoms with Crippen LogP contribution in [-0.2, 0) is 18.8 Å². The molecule has 1 fully saturated rings. The van der Waals surface area contributed by atoms with Crippen molar-refractivity contribution in [1.82, 2.24) is 34.3 Å². The zero-order valence-corrected chi connectivity index (χ0v) is 21.6. The summed E-state index contributed by atoms with van der Waals surface area (Å²) in [6, 6.07) is 11.2. The number of para-hydroxylation sites is 1. The predicted octanol–water partition coefficient (Wildman–Crippen LogP) is 2.28. The molecule has 37 heavy (non-hydrogen) atoms. The number of amides is 2. The van der Waals surface area contributed by atoms with Gasteiger partial charge in [0.2, 0.25) is 0 Å². The fourth-order valence-corrected chi connectivity index (χ4v) is 4.83. The van der Waals surface area contributed by atoms with E-state index < -0.39 is 0 Å². The van der Waals surface area contributed by atoms with Gasteiger partial charge in [-0.05, 0) is 31.5 Å². The summed E-state index contributed by atoms with van der Waals surface area (Å²) in [6.45, 7) is 5.15. The quantitative estimate of drug-likeness (QED) is 0.400. The van der Waals surface area contributed by atoms with Gasteiger partial charge in [0, 0.05) is 64.2 Å². The van der Waals surface area contributed by atoms with Gasteiger partial charge in [-0.15, -0.1) is 0 Å². The van der Waals surface area contributed by atoms with Crippen LogP contribution in [0.3, 0.4) is 0 Å². The first kappa shape index (κ1) is 24.7. The number of urea groups is 1. The van der Waals surface area contributed by atoms with E-state index in [1.54, 1.807) is 36.8 Å². The molecular weight excluding hydrogens is 472 g/mol. The van der Waals surface area contributed by atoms with E-state index in [0.717, 1.165) is 37.3 Å². The van der Waals surface area contributed by atoms with E-state index in [1.165, 1.54) is 4.68 Å². The summed E-state index contributed by atoms with van der Waals surface area (Å²) in [7, 11) is 5.20. The zero-order valence-electron chi connectivity index (χ0n) is 21.6. The second kappa shape index (κ2) is 10.2. The van der Waals surface area contributed by atoms with Gasteiger partial charge in [-0.2, -0.15) is 5.10 Å². The van der Waals surface area contributed by atoms with Crippen molar-refractivity contribution in [1.29, 1.82) is 0 Å². The number of carbonyl (C=O) groups is 1. The normalized spacial score (nSPS) is 15.9. The van der Waals surface area contributed by atoms with Crippen molar-refractivity contribution in [3.63, 3.8) is 0 Å². The van der Waals surface area contributed by atoms with Crippen LogP contribution in [0.1, 0.15) is 12.0 Å². The Hall–Kier alpha value is -3.96.